The largest absolute Gasteiger partial charge is 0.353 e. The van der Waals surface area contributed by atoms with E-state index in [9.17, 15) is 13.0 Å². The summed E-state index contributed by atoms with van der Waals surface area (Å²) in [6.07, 6.45) is 4.51. The molecule has 1 unspecified atom stereocenters. The molecule has 6 nitrogen and oxygen atoms in total. The van der Waals surface area contributed by atoms with E-state index in [0.29, 0.717) is 11.6 Å². The lowest BCUT2D eigenvalue weighted by Gasteiger charge is -2.10. The second-order valence-corrected chi connectivity index (χ2v) is 10.5. The molecule has 0 saturated heterocycles. The number of hydrogen-bond donors (Lipinski definition) is 2. The number of halogens is 2. The number of aromatic nitrogens is 3. The second-order valence-electron chi connectivity index (χ2n) is 7.33. The molecule has 2 heterocycles. The highest BCUT2D eigenvalue weighted by Crippen LogP contribution is 2.37. The van der Waals surface area contributed by atoms with Gasteiger partial charge < -0.3 is 10.0 Å². The molecule has 11 heteroatoms. The van der Waals surface area contributed by atoms with Crippen molar-refractivity contribution in [2.24, 2.45) is 0 Å². The van der Waals surface area contributed by atoms with Gasteiger partial charge in [-0.05, 0) is 43.0 Å². The summed E-state index contributed by atoms with van der Waals surface area (Å²) in [6.45, 7) is 2.79. The molecule has 0 radical (unpaired) electrons. The van der Waals surface area contributed by atoms with Gasteiger partial charge in [-0.2, -0.15) is 11.8 Å². The fraction of sp³-hybridized carbons (Fsp3) is 0.208. The Balaban J connectivity index is 1.65. The Morgan fingerprint density at radius 2 is 1.86 bits per heavy atom. The molecule has 2 N–H and O–H groups in total. The number of thiazole rings is 1. The number of thioether (sulfide) groups is 1. The van der Waals surface area contributed by atoms with Crippen molar-refractivity contribution in [3.05, 3.63) is 71.4 Å². The van der Waals surface area contributed by atoms with E-state index in [1.165, 1.54) is 6.07 Å². The number of nitrogens with zero attached hydrogens (tertiary/aromatic N) is 3. The van der Waals surface area contributed by atoms with Gasteiger partial charge in [-0.15, -0.1) is 11.3 Å². The van der Waals surface area contributed by atoms with E-state index in [0.717, 1.165) is 57.7 Å². The van der Waals surface area contributed by atoms with Crippen LogP contribution in [0.5, 0.6) is 0 Å². The Bertz CT molecular complexity index is 1330. The topological polar surface area (TPSA) is 79.8 Å². The zero-order valence-electron chi connectivity index (χ0n) is 19.0. The highest BCUT2D eigenvalue weighted by molar-refractivity contribution is 7.98. The smallest absolute Gasteiger partial charge is 0.223 e. The maximum Gasteiger partial charge on any atom is 0.223 e. The Morgan fingerprint density at radius 3 is 2.60 bits per heavy atom. The minimum Gasteiger partial charge on any atom is -0.353 e. The van der Waals surface area contributed by atoms with Crippen molar-refractivity contribution in [2.75, 3.05) is 28.6 Å². The van der Waals surface area contributed by atoms with Crippen molar-refractivity contribution >= 4 is 45.7 Å². The van der Waals surface area contributed by atoms with Crippen LogP contribution in [0.1, 0.15) is 11.9 Å². The fourth-order valence-corrected chi connectivity index (χ4v) is 5.50. The van der Waals surface area contributed by atoms with Gasteiger partial charge >= 0.3 is 0 Å². The van der Waals surface area contributed by atoms with E-state index in [1.807, 2.05) is 25.3 Å². The van der Waals surface area contributed by atoms with Crippen LogP contribution in [-0.4, -0.2) is 37.7 Å². The maximum absolute atomic E-state index is 14.1. The maximum atomic E-state index is 14.1. The molecule has 0 aliphatic rings. The number of hydrogen-bond acceptors (Lipinski definition) is 7. The molecule has 0 aliphatic carbocycles. The molecule has 4 rings (SSSR count). The van der Waals surface area contributed by atoms with Gasteiger partial charge in [0, 0.05) is 29.7 Å². The van der Waals surface area contributed by atoms with Crippen LogP contribution < -0.4 is 10.0 Å². The van der Waals surface area contributed by atoms with Crippen molar-refractivity contribution in [3.63, 3.8) is 0 Å². The third-order valence-corrected chi connectivity index (χ3v) is 7.92. The molecule has 182 valence electrons. The fourth-order valence-electron chi connectivity index (χ4n) is 3.27. The average Bonchev–Trinajstić information content (AvgIpc) is 3.29. The zero-order chi connectivity index (χ0) is 24.8. The quantitative estimate of drug-likeness (QED) is 0.244. The van der Waals surface area contributed by atoms with E-state index in [4.69, 9.17) is 4.98 Å². The minimum atomic E-state index is -2.12. The monoisotopic (exact) mass is 531 g/mol. The van der Waals surface area contributed by atoms with Crippen LogP contribution in [0.15, 0.2) is 59.6 Å². The van der Waals surface area contributed by atoms with Crippen molar-refractivity contribution < 1.29 is 13.0 Å². The van der Waals surface area contributed by atoms with Crippen molar-refractivity contribution in [2.45, 2.75) is 18.2 Å². The number of nitrogens with one attached hydrogen (secondary N) is 2. The Kier molecular flexibility index (Phi) is 8.42. The lowest BCUT2D eigenvalue weighted by molar-refractivity contribution is 0.535. The van der Waals surface area contributed by atoms with Gasteiger partial charge in [0.05, 0.1) is 21.3 Å². The van der Waals surface area contributed by atoms with Crippen molar-refractivity contribution in [1.82, 2.24) is 15.0 Å². The molecule has 0 spiro atoms. The van der Waals surface area contributed by atoms with Crippen LogP contribution in [0.25, 0.3) is 21.8 Å². The Hall–Kier alpha value is -2.89. The zero-order valence-corrected chi connectivity index (χ0v) is 21.5. The first-order chi connectivity index (χ1) is 17.0. The predicted octanol–water partition coefficient (Wildman–Crippen LogP) is 6.02. The number of anilines is 2. The highest BCUT2D eigenvalue weighted by atomic mass is 32.2. The lowest BCUT2D eigenvalue weighted by Crippen LogP contribution is -2.09. The summed E-state index contributed by atoms with van der Waals surface area (Å²) in [5.41, 5.74) is 2.69. The van der Waals surface area contributed by atoms with Gasteiger partial charge in [-0.25, -0.2) is 27.9 Å². The van der Waals surface area contributed by atoms with Gasteiger partial charge in [0.15, 0.2) is 11.0 Å². The molecule has 0 saturated carbocycles. The van der Waals surface area contributed by atoms with Gasteiger partial charge in [-0.1, -0.05) is 25.1 Å². The molecular formula is C24H23F2N5OS3. The molecule has 0 aliphatic heterocycles. The summed E-state index contributed by atoms with van der Waals surface area (Å²) in [5.74, 6) is -0.247. The molecule has 0 bridgehead atoms. The van der Waals surface area contributed by atoms with Crippen LogP contribution in [0.4, 0.5) is 20.4 Å². The van der Waals surface area contributed by atoms with Crippen molar-refractivity contribution in [3.8, 4) is 21.8 Å². The minimum absolute atomic E-state index is 0.447. The van der Waals surface area contributed by atoms with Gasteiger partial charge in [-0.3, -0.25) is 0 Å². The summed E-state index contributed by atoms with van der Waals surface area (Å²) >= 11 is 3.29. The molecule has 2 aromatic heterocycles. The van der Waals surface area contributed by atoms with Crippen LogP contribution in [0, 0.1) is 11.6 Å². The van der Waals surface area contributed by atoms with E-state index < -0.39 is 27.5 Å². The van der Waals surface area contributed by atoms with E-state index in [2.05, 4.69) is 20.0 Å². The van der Waals surface area contributed by atoms with E-state index in [-0.39, 0.29) is 0 Å². The third kappa shape index (κ3) is 6.03. The van der Waals surface area contributed by atoms with Crippen molar-refractivity contribution in [1.29, 1.82) is 0 Å². The molecule has 2 aromatic carbocycles. The molecule has 1 atom stereocenters. The van der Waals surface area contributed by atoms with Crippen LogP contribution in [0.2, 0.25) is 0 Å². The highest BCUT2D eigenvalue weighted by Gasteiger charge is 2.19. The lowest BCUT2D eigenvalue weighted by atomic mass is 10.1. The molecule has 0 fully saturated rings. The first kappa shape index (κ1) is 25.2. The average molecular weight is 532 g/mol. The standard InChI is InChI=1S/C24H23F2N5OS3/c1-3-20-30-21(22(34-20)19-10-11-27-24(29-19)28-12-13-33-2)15-6-4-7-16(14-15)31-35(32)23-17(25)8-5-9-18(23)26/h4-11,14,31H,3,12-13H2,1-2H3,(H,27,28,29). The second kappa shape index (κ2) is 11.7. The van der Waals surface area contributed by atoms with Gasteiger partial charge in [0.1, 0.15) is 16.5 Å². The molecule has 4 aromatic rings. The molecule has 0 amide bonds. The summed E-state index contributed by atoms with van der Waals surface area (Å²) in [7, 11) is -2.12. The van der Waals surface area contributed by atoms with E-state index >= 15 is 0 Å². The normalized spacial score (nSPS) is 11.9. The number of benzene rings is 2. The number of rotatable bonds is 10. The van der Waals surface area contributed by atoms with E-state index in [1.54, 1.807) is 47.5 Å². The summed E-state index contributed by atoms with van der Waals surface area (Å²) in [4.78, 5) is 14.1. The third-order valence-electron chi connectivity index (χ3n) is 4.90. The number of aryl methyl sites for hydroxylation is 1. The first-order valence-corrected chi connectivity index (χ1v) is 14.1. The summed E-state index contributed by atoms with van der Waals surface area (Å²) in [6, 6.07) is 12.3. The van der Waals surface area contributed by atoms with Gasteiger partial charge in [0.25, 0.3) is 0 Å². The summed E-state index contributed by atoms with van der Waals surface area (Å²) < 4.78 is 43.5. The van der Waals surface area contributed by atoms with Gasteiger partial charge in [0.2, 0.25) is 5.95 Å². The molecule has 35 heavy (non-hydrogen) atoms. The first-order valence-electron chi connectivity index (χ1n) is 10.8. The SMILES string of the molecule is CCc1nc(-c2cccc(NS(=O)c3c(F)cccc3F)c2)c(-c2ccnc(NCCSC)n2)s1. The van der Waals surface area contributed by atoms with Crippen LogP contribution in [-0.2, 0) is 17.4 Å². The predicted molar refractivity (Wildman–Crippen MR) is 141 cm³/mol. The Labute approximate surface area is 213 Å². The summed E-state index contributed by atoms with van der Waals surface area (Å²) in [5, 5.41) is 4.17. The van der Waals surface area contributed by atoms with Crippen LogP contribution >= 0.6 is 23.1 Å². The Morgan fingerprint density at radius 1 is 1.09 bits per heavy atom. The molecular weight excluding hydrogens is 508 g/mol. The van der Waals surface area contributed by atoms with Crippen LogP contribution in [0.3, 0.4) is 0 Å².